The van der Waals surface area contributed by atoms with Crippen LogP contribution in [-0.4, -0.2) is 31.8 Å². The van der Waals surface area contributed by atoms with Crippen LogP contribution < -0.4 is 5.32 Å². The van der Waals surface area contributed by atoms with Crippen LogP contribution in [0.25, 0.3) is 11.5 Å². The second kappa shape index (κ2) is 8.18. The molecule has 142 valence electrons. The van der Waals surface area contributed by atoms with Crippen molar-refractivity contribution in [2.45, 2.75) is 43.7 Å². The van der Waals surface area contributed by atoms with Gasteiger partial charge in [-0.15, -0.1) is 10.2 Å². The quantitative estimate of drug-likeness (QED) is 0.433. The molecule has 0 spiro atoms. The van der Waals surface area contributed by atoms with E-state index < -0.39 is 15.7 Å². The van der Waals surface area contributed by atoms with E-state index >= 15 is 0 Å². The van der Waals surface area contributed by atoms with Crippen molar-refractivity contribution in [3.8, 4) is 17.5 Å². The molecule has 2 aromatic rings. The zero-order valence-corrected chi connectivity index (χ0v) is 16.1. The lowest BCUT2D eigenvalue weighted by atomic mass is 9.90. The summed E-state index contributed by atoms with van der Waals surface area (Å²) in [5, 5.41) is 30.2. The molecule has 1 amide bonds. The molecule has 27 heavy (non-hydrogen) atoms. The highest BCUT2D eigenvalue weighted by Crippen LogP contribution is 2.28. The monoisotopic (exact) mass is 389 g/mol. The first-order valence-electron chi connectivity index (χ1n) is 8.14. The maximum absolute atomic E-state index is 12.4. The zero-order valence-electron chi connectivity index (χ0n) is 15.3. The van der Waals surface area contributed by atoms with Gasteiger partial charge in [-0.05, 0) is 25.8 Å². The summed E-state index contributed by atoms with van der Waals surface area (Å²) in [5.74, 6) is -0.266. The third-order valence-corrected chi connectivity index (χ3v) is 5.06. The predicted molar refractivity (Wildman–Crippen MR) is 98.7 cm³/mol. The predicted octanol–water partition coefficient (Wildman–Crippen LogP) is 3.18. The van der Waals surface area contributed by atoms with Gasteiger partial charge in [0.25, 0.3) is 10.9 Å². The largest absolute Gasteiger partial charge is 0.411 e. The number of hydrogen-bond acceptors (Lipinski definition) is 8. The molecule has 2 rings (SSSR count). The number of nitro benzene ring substituents is 1. The minimum absolute atomic E-state index is 0.0625. The minimum atomic E-state index is -0.977. The molecule has 0 aliphatic carbocycles. The molecule has 0 aliphatic heterocycles. The van der Waals surface area contributed by atoms with Crippen LogP contribution in [-0.2, 0) is 4.79 Å². The van der Waals surface area contributed by atoms with E-state index in [2.05, 4.69) is 21.6 Å². The van der Waals surface area contributed by atoms with E-state index in [1.165, 1.54) is 18.2 Å². The number of non-ortho nitro benzene ring substituents is 1. The SMILES string of the molecule is CC(C)[C@](C)(C#N)NC(=O)[C@H](C)Sc1nnc(-c2cccc([N+](=O)[O-])c2)o1. The molecule has 1 heterocycles. The van der Waals surface area contributed by atoms with Gasteiger partial charge in [0.2, 0.25) is 11.8 Å². The number of nitriles is 1. The summed E-state index contributed by atoms with van der Waals surface area (Å²) >= 11 is 1.04. The standard InChI is InChI=1S/C17H19N5O4S/c1-10(2)17(4,9-18)19-14(23)11(3)27-16-21-20-15(26-16)12-6-5-7-13(8-12)22(24)25/h5-8,10-11H,1-4H3,(H,19,23)/t11-,17-/m0/s1. The molecule has 1 N–H and O–H groups in total. The molecule has 0 bridgehead atoms. The Kier molecular flexibility index (Phi) is 6.17. The van der Waals surface area contributed by atoms with E-state index in [1.54, 1.807) is 19.9 Å². The lowest BCUT2D eigenvalue weighted by Gasteiger charge is -2.28. The second-order valence-corrected chi connectivity index (χ2v) is 7.69. The van der Waals surface area contributed by atoms with Crippen molar-refractivity contribution < 1.29 is 14.1 Å². The van der Waals surface area contributed by atoms with Crippen LogP contribution in [0.1, 0.15) is 27.7 Å². The first kappa shape index (κ1) is 20.4. The topological polar surface area (TPSA) is 135 Å². The van der Waals surface area contributed by atoms with Crippen molar-refractivity contribution in [2.24, 2.45) is 5.92 Å². The molecule has 1 aromatic heterocycles. The summed E-state index contributed by atoms with van der Waals surface area (Å²) in [6, 6.07) is 7.96. The van der Waals surface area contributed by atoms with Crippen LogP contribution in [0.3, 0.4) is 0 Å². The van der Waals surface area contributed by atoms with Crippen molar-refractivity contribution >= 4 is 23.4 Å². The second-order valence-electron chi connectivity index (χ2n) is 6.40. The maximum atomic E-state index is 12.4. The summed E-state index contributed by atoms with van der Waals surface area (Å²) in [4.78, 5) is 22.7. The molecule has 10 heteroatoms. The summed E-state index contributed by atoms with van der Waals surface area (Å²) in [6.07, 6.45) is 0. The molecule has 1 aromatic carbocycles. The number of carbonyl (C=O) groups excluding carboxylic acids is 1. The smallest absolute Gasteiger partial charge is 0.277 e. The minimum Gasteiger partial charge on any atom is -0.411 e. The molecular formula is C17H19N5O4S. The molecule has 0 aliphatic rings. The van der Waals surface area contributed by atoms with Crippen molar-refractivity contribution in [2.75, 3.05) is 0 Å². The number of rotatable bonds is 7. The average Bonchev–Trinajstić information content (AvgIpc) is 3.09. The van der Waals surface area contributed by atoms with Crippen molar-refractivity contribution in [1.82, 2.24) is 15.5 Å². The fraction of sp³-hybridized carbons (Fsp3) is 0.412. The molecule has 0 fully saturated rings. The zero-order chi connectivity index (χ0) is 20.2. The van der Waals surface area contributed by atoms with Crippen LogP contribution in [0.4, 0.5) is 5.69 Å². The van der Waals surface area contributed by atoms with Gasteiger partial charge in [0.15, 0.2) is 0 Å². The highest BCUT2D eigenvalue weighted by Gasteiger charge is 2.32. The molecular weight excluding hydrogens is 370 g/mol. The van der Waals surface area contributed by atoms with E-state index in [0.717, 1.165) is 11.8 Å². The van der Waals surface area contributed by atoms with Crippen LogP contribution >= 0.6 is 11.8 Å². The molecule has 0 radical (unpaired) electrons. The normalized spacial score (nSPS) is 14.2. The first-order valence-corrected chi connectivity index (χ1v) is 9.02. The van der Waals surface area contributed by atoms with Crippen molar-refractivity contribution in [1.29, 1.82) is 5.26 Å². The Morgan fingerprint density at radius 3 is 2.70 bits per heavy atom. The van der Waals surface area contributed by atoms with Gasteiger partial charge in [-0.2, -0.15) is 5.26 Å². The summed E-state index contributed by atoms with van der Waals surface area (Å²) in [7, 11) is 0. The van der Waals surface area contributed by atoms with Gasteiger partial charge >= 0.3 is 0 Å². The summed E-state index contributed by atoms with van der Waals surface area (Å²) in [6.45, 7) is 7.03. The number of carbonyl (C=O) groups is 1. The number of nitro groups is 1. The molecule has 9 nitrogen and oxygen atoms in total. The lowest BCUT2D eigenvalue weighted by Crippen LogP contribution is -2.51. The van der Waals surface area contributed by atoms with E-state index in [0.29, 0.717) is 5.56 Å². The van der Waals surface area contributed by atoms with E-state index in [4.69, 9.17) is 4.42 Å². The Labute approximate surface area is 160 Å². The highest BCUT2D eigenvalue weighted by atomic mass is 32.2. The summed E-state index contributed by atoms with van der Waals surface area (Å²) < 4.78 is 5.50. The number of amides is 1. The van der Waals surface area contributed by atoms with Crippen LogP contribution in [0, 0.1) is 27.4 Å². The Morgan fingerprint density at radius 2 is 2.11 bits per heavy atom. The fourth-order valence-corrected chi connectivity index (χ4v) is 2.67. The average molecular weight is 389 g/mol. The van der Waals surface area contributed by atoms with Gasteiger partial charge in [0, 0.05) is 17.7 Å². The van der Waals surface area contributed by atoms with Crippen LogP contribution in [0.5, 0.6) is 0 Å². The van der Waals surface area contributed by atoms with Crippen LogP contribution in [0.2, 0.25) is 0 Å². The third-order valence-electron chi connectivity index (χ3n) is 4.13. The number of aromatic nitrogens is 2. The fourth-order valence-electron chi connectivity index (χ4n) is 1.99. The van der Waals surface area contributed by atoms with E-state index in [9.17, 15) is 20.2 Å². The number of thioether (sulfide) groups is 1. The molecule has 0 saturated heterocycles. The van der Waals surface area contributed by atoms with Gasteiger partial charge in [0.05, 0.1) is 16.2 Å². The number of benzene rings is 1. The number of nitrogens with one attached hydrogen (secondary N) is 1. The summed E-state index contributed by atoms with van der Waals surface area (Å²) in [5.41, 5.74) is -0.649. The highest BCUT2D eigenvalue weighted by molar-refractivity contribution is 8.00. The lowest BCUT2D eigenvalue weighted by molar-refractivity contribution is -0.384. The maximum Gasteiger partial charge on any atom is 0.277 e. The van der Waals surface area contributed by atoms with Crippen molar-refractivity contribution in [3.63, 3.8) is 0 Å². The van der Waals surface area contributed by atoms with Gasteiger partial charge in [0.1, 0.15) is 5.54 Å². The first-order chi connectivity index (χ1) is 12.7. The van der Waals surface area contributed by atoms with Crippen molar-refractivity contribution in [3.05, 3.63) is 34.4 Å². The Balaban J connectivity index is 2.09. The molecule has 2 atom stereocenters. The van der Waals surface area contributed by atoms with Gasteiger partial charge in [-0.1, -0.05) is 31.7 Å². The van der Waals surface area contributed by atoms with Gasteiger partial charge < -0.3 is 9.73 Å². The van der Waals surface area contributed by atoms with E-state index in [1.807, 2.05) is 13.8 Å². The van der Waals surface area contributed by atoms with Gasteiger partial charge in [-0.3, -0.25) is 14.9 Å². The van der Waals surface area contributed by atoms with Gasteiger partial charge in [-0.25, -0.2) is 0 Å². The molecule has 0 unspecified atom stereocenters. The number of hydrogen-bond donors (Lipinski definition) is 1. The Bertz CT molecular complexity index is 891. The van der Waals surface area contributed by atoms with E-state index in [-0.39, 0.29) is 28.6 Å². The molecule has 0 saturated carbocycles. The number of nitrogens with zero attached hydrogens (tertiary/aromatic N) is 4. The Morgan fingerprint density at radius 1 is 1.41 bits per heavy atom. The third kappa shape index (κ3) is 4.83. The Hall–Kier alpha value is -2.93. The van der Waals surface area contributed by atoms with Crippen LogP contribution in [0.15, 0.2) is 33.9 Å².